The van der Waals surface area contributed by atoms with Crippen LogP contribution in [-0.4, -0.2) is 17.4 Å². The van der Waals surface area contributed by atoms with Crippen LogP contribution in [0.3, 0.4) is 0 Å². The van der Waals surface area contributed by atoms with Crippen LogP contribution < -0.4 is 0 Å². The molecule has 2 nitrogen and oxygen atoms in total. The number of nitrogens with zero attached hydrogens (tertiary/aromatic N) is 1. The third kappa shape index (κ3) is 1.57. The molecule has 0 N–H and O–H groups in total. The molecule has 2 rings (SSSR count). The van der Waals surface area contributed by atoms with E-state index in [1.807, 2.05) is 11.4 Å². The molecule has 0 spiro atoms. The lowest BCUT2D eigenvalue weighted by atomic mass is 10.5. The highest BCUT2D eigenvalue weighted by Gasteiger charge is 2.09. The minimum Gasteiger partial charge on any atom is -0.394 e. The van der Waals surface area contributed by atoms with Crippen molar-refractivity contribution in [1.29, 1.82) is 0 Å². The van der Waals surface area contributed by atoms with Gasteiger partial charge in [0.15, 0.2) is 5.04 Å². The van der Waals surface area contributed by atoms with Crippen molar-refractivity contribution in [3.63, 3.8) is 0 Å². The Morgan fingerprint density at radius 3 is 3.18 bits per heavy atom. The van der Waals surface area contributed by atoms with Crippen LogP contribution in [-0.2, 0) is 4.84 Å². The van der Waals surface area contributed by atoms with Crippen LogP contribution in [0.25, 0.3) is 0 Å². The smallest absolute Gasteiger partial charge is 0.153 e. The number of oxime groups is 1. The molecule has 1 aliphatic heterocycles. The van der Waals surface area contributed by atoms with Gasteiger partial charge in [0, 0.05) is 5.75 Å². The minimum absolute atomic E-state index is 0.736. The first-order valence-corrected chi connectivity index (χ1v) is 5.20. The van der Waals surface area contributed by atoms with Crippen LogP contribution in [0.15, 0.2) is 22.7 Å². The third-order valence-corrected chi connectivity index (χ3v) is 3.24. The van der Waals surface area contributed by atoms with E-state index in [9.17, 15) is 0 Å². The Kier molecular flexibility index (Phi) is 2.14. The summed E-state index contributed by atoms with van der Waals surface area (Å²) in [4.78, 5) is 6.18. The largest absolute Gasteiger partial charge is 0.394 e. The van der Waals surface area contributed by atoms with E-state index >= 15 is 0 Å². The van der Waals surface area contributed by atoms with Crippen LogP contribution in [0.1, 0.15) is 4.88 Å². The quantitative estimate of drug-likeness (QED) is 0.668. The predicted molar refractivity (Wildman–Crippen MR) is 49.3 cm³/mol. The van der Waals surface area contributed by atoms with E-state index in [0.29, 0.717) is 0 Å². The number of thiophene rings is 1. The second-order valence-electron chi connectivity index (χ2n) is 2.06. The van der Waals surface area contributed by atoms with Crippen molar-refractivity contribution in [2.24, 2.45) is 5.16 Å². The van der Waals surface area contributed by atoms with Crippen molar-refractivity contribution in [3.8, 4) is 0 Å². The fraction of sp³-hybridized carbons (Fsp3) is 0.286. The number of hydrogen-bond acceptors (Lipinski definition) is 4. The highest BCUT2D eigenvalue weighted by molar-refractivity contribution is 8.14. The molecule has 4 heteroatoms. The summed E-state index contributed by atoms with van der Waals surface area (Å²) in [5.74, 6) is 1.01. The van der Waals surface area contributed by atoms with Crippen LogP contribution in [0.2, 0.25) is 0 Å². The molecule has 1 aromatic heterocycles. The van der Waals surface area contributed by atoms with Crippen molar-refractivity contribution in [3.05, 3.63) is 22.4 Å². The lowest BCUT2D eigenvalue weighted by Gasteiger charge is -2.08. The van der Waals surface area contributed by atoms with Gasteiger partial charge in [0.25, 0.3) is 0 Å². The van der Waals surface area contributed by atoms with Crippen LogP contribution in [0.4, 0.5) is 0 Å². The molecule has 0 bridgehead atoms. The molecule has 1 aliphatic rings. The van der Waals surface area contributed by atoms with Gasteiger partial charge in [-0.2, -0.15) is 0 Å². The maximum atomic E-state index is 4.98. The number of thioether (sulfide) groups is 1. The molecule has 0 fully saturated rings. The Bertz CT molecular complexity index is 255. The fourth-order valence-electron chi connectivity index (χ4n) is 0.823. The van der Waals surface area contributed by atoms with Crippen molar-refractivity contribution < 1.29 is 4.84 Å². The molecule has 0 amide bonds. The molecule has 0 saturated heterocycles. The lowest BCUT2D eigenvalue weighted by Crippen LogP contribution is -2.05. The van der Waals surface area contributed by atoms with Crippen molar-refractivity contribution >= 4 is 28.1 Å². The van der Waals surface area contributed by atoms with Gasteiger partial charge in [-0.1, -0.05) is 23.0 Å². The summed E-state index contributed by atoms with van der Waals surface area (Å²) in [7, 11) is 0. The molecule has 1 aromatic rings. The standard InChI is InChI=1S/C7H7NOS2/c1-2-6(10-4-1)7-8-9-3-5-11-7/h1-2,4H,3,5H2. The number of hydrogen-bond donors (Lipinski definition) is 0. The van der Waals surface area contributed by atoms with Gasteiger partial charge in [0.05, 0.1) is 4.88 Å². The Hall–Kier alpha value is -0.480. The zero-order valence-electron chi connectivity index (χ0n) is 5.82. The maximum Gasteiger partial charge on any atom is 0.153 e. The monoisotopic (exact) mass is 185 g/mol. The first-order chi connectivity index (χ1) is 5.47. The molecule has 0 aliphatic carbocycles. The van der Waals surface area contributed by atoms with E-state index in [4.69, 9.17) is 4.84 Å². The van der Waals surface area contributed by atoms with Gasteiger partial charge < -0.3 is 4.84 Å². The molecule has 0 saturated carbocycles. The Labute approximate surface area is 73.2 Å². The van der Waals surface area contributed by atoms with Gasteiger partial charge >= 0.3 is 0 Å². The van der Waals surface area contributed by atoms with Gasteiger partial charge in [-0.15, -0.1) is 11.3 Å². The average molecular weight is 185 g/mol. The summed E-state index contributed by atoms with van der Waals surface area (Å²) in [5, 5.41) is 7.03. The normalized spacial score (nSPS) is 17.3. The van der Waals surface area contributed by atoms with E-state index in [-0.39, 0.29) is 0 Å². The Balaban J connectivity index is 2.22. The summed E-state index contributed by atoms with van der Waals surface area (Å²) >= 11 is 3.45. The molecule has 0 radical (unpaired) electrons. The van der Waals surface area contributed by atoms with Crippen molar-refractivity contribution in [2.75, 3.05) is 12.4 Å². The van der Waals surface area contributed by atoms with Crippen molar-refractivity contribution in [2.45, 2.75) is 0 Å². The number of rotatable bonds is 1. The fourth-order valence-corrected chi connectivity index (χ4v) is 2.41. The molecule has 0 atom stereocenters. The molecule has 58 valence electrons. The minimum atomic E-state index is 0.736. The highest BCUT2D eigenvalue weighted by Crippen LogP contribution is 2.20. The summed E-state index contributed by atoms with van der Waals surface area (Å²) in [6, 6.07) is 4.09. The molecular weight excluding hydrogens is 178 g/mol. The van der Waals surface area contributed by atoms with Gasteiger partial charge in [0.2, 0.25) is 0 Å². The highest BCUT2D eigenvalue weighted by atomic mass is 32.2. The van der Waals surface area contributed by atoms with E-state index in [2.05, 4.69) is 11.2 Å². The Morgan fingerprint density at radius 1 is 1.55 bits per heavy atom. The van der Waals surface area contributed by atoms with E-state index in [1.165, 1.54) is 4.88 Å². The zero-order valence-corrected chi connectivity index (χ0v) is 7.45. The molecule has 2 heterocycles. The SMILES string of the molecule is c1csc(C2=NOCCS2)c1. The second kappa shape index (κ2) is 3.28. The van der Waals surface area contributed by atoms with Gasteiger partial charge in [-0.3, -0.25) is 0 Å². The molecule has 0 unspecified atom stereocenters. The van der Waals surface area contributed by atoms with Crippen LogP contribution in [0, 0.1) is 0 Å². The Morgan fingerprint density at radius 2 is 2.55 bits per heavy atom. The maximum absolute atomic E-state index is 4.98. The first-order valence-electron chi connectivity index (χ1n) is 3.33. The van der Waals surface area contributed by atoms with Crippen molar-refractivity contribution in [1.82, 2.24) is 0 Å². The molecular formula is C7H7NOS2. The van der Waals surface area contributed by atoms with Crippen LogP contribution >= 0.6 is 23.1 Å². The first kappa shape index (κ1) is 7.18. The summed E-state index contributed by atoms with van der Waals surface area (Å²) in [6.45, 7) is 0.736. The van der Waals surface area contributed by atoms with E-state index in [1.54, 1.807) is 23.1 Å². The third-order valence-electron chi connectivity index (χ3n) is 1.29. The van der Waals surface area contributed by atoms with Gasteiger partial charge in [0.1, 0.15) is 6.61 Å². The summed E-state index contributed by atoms with van der Waals surface area (Å²) < 4.78 is 0. The topological polar surface area (TPSA) is 21.6 Å². The summed E-state index contributed by atoms with van der Waals surface area (Å²) in [5.41, 5.74) is 0. The summed E-state index contributed by atoms with van der Waals surface area (Å²) in [6.07, 6.45) is 0. The van der Waals surface area contributed by atoms with Gasteiger partial charge in [-0.25, -0.2) is 0 Å². The van der Waals surface area contributed by atoms with Crippen LogP contribution in [0.5, 0.6) is 0 Å². The van der Waals surface area contributed by atoms with E-state index in [0.717, 1.165) is 17.4 Å². The lowest BCUT2D eigenvalue weighted by molar-refractivity contribution is 0.160. The second-order valence-corrected chi connectivity index (χ2v) is 4.09. The van der Waals surface area contributed by atoms with E-state index < -0.39 is 0 Å². The molecule has 0 aromatic carbocycles. The average Bonchev–Trinajstić information content (AvgIpc) is 2.58. The van der Waals surface area contributed by atoms with Gasteiger partial charge in [-0.05, 0) is 11.4 Å². The zero-order chi connectivity index (χ0) is 7.52. The predicted octanol–water partition coefficient (Wildman–Crippen LogP) is 2.17. The molecule has 11 heavy (non-hydrogen) atoms.